The molecule has 0 aromatic heterocycles. The molecule has 2 aromatic rings. The summed E-state index contributed by atoms with van der Waals surface area (Å²) >= 11 is 0. The highest BCUT2D eigenvalue weighted by Crippen LogP contribution is 2.40. The summed E-state index contributed by atoms with van der Waals surface area (Å²) in [5.41, 5.74) is 1.33. The SMILES string of the molecule is CCOc1ccc(/C(O)=C2\C(=O)C(=O)N(CC3CCCO3)C2c2ccc(C(=O)OC)cc2)cc1. The van der Waals surface area contributed by atoms with Gasteiger partial charge < -0.3 is 24.2 Å². The highest BCUT2D eigenvalue weighted by atomic mass is 16.5. The minimum absolute atomic E-state index is 0.00188. The van der Waals surface area contributed by atoms with E-state index in [2.05, 4.69) is 0 Å². The van der Waals surface area contributed by atoms with E-state index >= 15 is 0 Å². The molecule has 8 heteroatoms. The van der Waals surface area contributed by atoms with Crippen molar-refractivity contribution < 1.29 is 33.7 Å². The molecular formula is C26H27NO7. The van der Waals surface area contributed by atoms with Gasteiger partial charge in [0.2, 0.25) is 0 Å². The monoisotopic (exact) mass is 465 g/mol. The first-order valence-corrected chi connectivity index (χ1v) is 11.3. The van der Waals surface area contributed by atoms with Gasteiger partial charge in [-0.15, -0.1) is 0 Å². The number of nitrogens with zero attached hydrogens (tertiary/aromatic N) is 1. The summed E-state index contributed by atoms with van der Waals surface area (Å²) < 4.78 is 15.9. The number of aliphatic hydroxyl groups is 1. The van der Waals surface area contributed by atoms with Gasteiger partial charge in [-0.1, -0.05) is 12.1 Å². The lowest BCUT2D eigenvalue weighted by atomic mass is 9.94. The molecule has 0 bridgehead atoms. The number of ketones is 1. The smallest absolute Gasteiger partial charge is 0.337 e. The highest BCUT2D eigenvalue weighted by molar-refractivity contribution is 6.46. The number of carbonyl (C=O) groups is 3. The van der Waals surface area contributed by atoms with Gasteiger partial charge in [0.05, 0.1) is 37.0 Å². The second kappa shape index (κ2) is 10.1. The van der Waals surface area contributed by atoms with Gasteiger partial charge in [0.15, 0.2) is 0 Å². The maximum atomic E-state index is 13.1. The largest absolute Gasteiger partial charge is 0.507 e. The van der Waals surface area contributed by atoms with Crippen molar-refractivity contribution >= 4 is 23.4 Å². The number of methoxy groups -OCH3 is 1. The minimum atomic E-state index is -0.817. The summed E-state index contributed by atoms with van der Waals surface area (Å²) in [4.78, 5) is 39.5. The lowest BCUT2D eigenvalue weighted by Crippen LogP contribution is -2.36. The maximum absolute atomic E-state index is 13.1. The van der Waals surface area contributed by atoms with Crippen LogP contribution in [0.25, 0.3) is 5.76 Å². The molecule has 2 fully saturated rings. The van der Waals surface area contributed by atoms with Gasteiger partial charge in [-0.25, -0.2) is 4.79 Å². The van der Waals surface area contributed by atoms with Crippen LogP contribution in [0.5, 0.6) is 5.75 Å². The highest BCUT2D eigenvalue weighted by Gasteiger charge is 2.47. The molecule has 2 unspecified atom stereocenters. The Hall–Kier alpha value is -3.65. The standard InChI is InChI=1S/C26H27NO7/c1-3-33-19-12-10-17(11-13-19)23(28)21-22(16-6-8-18(9-7-16)26(31)32-2)27(25(30)24(21)29)15-20-5-4-14-34-20/h6-13,20,22,28H,3-5,14-15H2,1-2H3/b23-21+. The number of Topliss-reactive ketones (excluding diaryl/α,β-unsaturated/α-hetero) is 1. The molecule has 178 valence electrons. The van der Waals surface area contributed by atoms with Crippen molar-refractivity contribution in [3.05, 3.63) is 70.8 Å². The Labute approximate surface area is 197 Å². The number of likely N-dealkylation sites (tertiary alicyclic amines) is 1. The molecule has 0 aliphatic carbocycles. The molecule has 8 nitrogen and oxygen atoms in total. The van der Waals surface area contributed by atoms with Gasteiger partial charge in [0, 0.05) is 18.7 Å². The number of esters is 1. The van der Waals surface area contributed by atoms with Crippen LogP contribution < -0.4 is 4.74 Å². The first-order chi connectivity index (χ1) is 16.4. The normalized spacial score (nSPS) is 21.6. The number of carbonyl (C=O) groups excluding carboxylic acids is 3. The van der Waals surface area contributed by atoms with E-state index in [1.54, 1.807) is 48.5 Å². The average Bonchev–Trinajstić information content (AvgIpc) is 3.46. The fourth-order valence-electron chi connectivity index (χ4n) is 4.37. The molecule has 0 spiro atoms. The quantitative estimate of drug-likeness (QED) is 0.289. The Morgan fingerprint density at radius 2 is 1.76 bits per heavy atom. The van der Waals surface area contributed by atoms with Gasteiger partial charge in [-0.2, -0.15) is 0 Å². The molecule has 2 aliphatic heterocycles. The second-order valence-corrected chi connectivity index (χ2v) is 8.16. The Bertz CT molecular complexity index is 1100. The van der Waals surface area contributed by atoms with Crippen molar-refractivity contribution in [2.45, 2.75) is 31.9 Å². The Morgan fingerprint density at radius 1 is 1.09 bits per heavy atom. The number of hydrogen-bond donors (Lipinski definition) is 1. The molecular weight excluding hydrogens is 438 g/mol. The number of rotatable bonds is 7. The molecule has 34 heavy (non-hydrogen) atoms. The topological polar surface area (TPSA) is 102 Å². The predicted molar refractivity (Wildman–Crippen MR) is 123 cm³/mol. The van der Waals surface area contributed by atoms with E-state index in [0.717, 1.165) is 12.8 Å². The summed E-state index contributed by atoms with van der Waals surface area (Å²) in [6.07, 6.45) is 1.50. The number of hydrogen-bond acceptors (Lipinski definition) is 7. The third-order valence-electron chi connectivity index (χ3n) is 6.05. The molecule has 1 N–H and O–H groups in total. The third-order valence-corrected chi connectivity index (χ3v) is 6.05. The zero-order chi connectivity index (χ0) is 24.2. The molecule has 2 heterocycles. The van der Waals surface area contributed by atoms with Crippen LogP contribution in [0.4, 0.5) is 0 Å². The Morgan fingerprint density at radius 3 is 2.35 bits per heavy atom. The molecule has 2 aliphatic rings. The zero-order valence-electron chi connectivity index (χ0n) is 19.2. The van der Waals surface area contributed by atoms with E-state index in [9.17, 15) is 19.5 Å². The minimum Gasteiger partial charge on any atom is -0.507 e. The first kappa shape index (κ1) is 23.5. The molecule has 0 saturated carbocycles. The van der Waals surface area contributed by atoms with Crippen molar-refractivity contribution in [3.63, 3.8) is 0 Å². The fraction of sp³-hybridized carbons (Fsp3) is 0.346. The predicted octanol–water partition coefficient (Wildman–Crippen LogP) is 3.47. The van der Waals surface area contributed by atoms with Crippen molar-refractivity contribution in [2.24, 2.45) is 0 Å². The maximum Gasteiger partial charge on any atom is 0.337 e. The van der Waals surface area contributed by atoms with Gasteiger partial charge in [-0.3, -0.25) is 9.59 Å². The number of ether oxygens (including phenoxy) is 3. The van der Waals surface area contributed by atoms with Crippen LogP contribution in [0, 0.1) is 0 Å². The zero-order valence-corrected chi connectivity index (χ0v) is 19.2. The second-order valence-electron chi connectivity index (χ2n) is 8.16. The van der Waals surface area contributed by atoms with Crippen molar-refractivity contribution in [3.8, 4) is 5.75 Å². The van der Waals surface area contributed by atoms with Gasteiger partial charge in [0.1, 0.15) is 11.5 Å². The third kappa shape index (κ3) is 4.54. The summed E-state index contributed by atoms with van der Waals surface area (Å²) in [6.45, 7) is 3.21. The van der Waals surface area contributed by atoms with Crippen molar-refractivity contribution in [1.29, 1.82) is 0 Å². The van der Waals surface area contributed by atoms with Gasteiger partial charge >= 0.3 is 5.97 Å². The fourth-order valence-corrected chi connectivity index (χ4v) is 4.37. The van der Waals surface area contributed by atoms with E-state index in [4.69, 9.17) is 14.2 Å². The molecule has 4 rings (SSSR count). The Kier molecular flexibility index (Phi) is 6.98. The number of aliphatic hydroxyl groups excluding tert-OH is 1. The van der Waals surface area contributed by atoms with E-state index in [1.165, 1.54) is 12.0 Å². The van der Waals surface area contributed by atoms with E-state index in [1.807, 2.05) is 6.92 Å². The Balaban J connectivity index is 1.77. The van der Waals surface area contributed by atoms with Crippen LogP contribution in [0.3, 0.4) is 0 Å². The van der Waals surface area contributed by atoms with Crippen molar-refractivity contribution in [1.82, 2.24) is 4.90 Å². The molecule has 2 atom stereocenters. The molecule has 2 aromatic carbocycles. The van der Waals surface area contributed by atoms with E-state index < -0.39 is 23.7 Å². The van der Waals surface area contributed by atoms with Crippen LogP contribution in [-0.4, -0.2) is 60.6 Å². The first-order valence-electron chi connectivity index (χ1n) is 11.3. The number of amides is 1. The van der Waals surface area contributed by atoms with Crippen LogP contribution in [0.15, 0.2) is 54.1 Å². The number of benzene rings is 2. The average molecular weight is 466 g/mol. The summed E-state index contributed by atoms with van der Waals surface area (Å²) in [7, 11) is 1.30. The van der Waals surface area contributed by atoms with Crippen molar-refractivity contribution in [2.75, 3.05) is 26.9 Å². The van der Waals surface area contributed by atoms with E-state index in [0.29, 0.717) is 35.7 Å². The summed E-state index contributed by atoms with van der Waals surface area (Å²) in [5.74, 6) is -1.57. The van der Waals surface area contributed by atoms with Gasteiger partial charge in [-0.05, 0) is 61.7 Å². The van der Waals surface area contributed by atoms with E-state index in [-0.39, 0.29) is 24.0 Å². The molecule has 0 radical (unpaired) electrons. The van der Waals surface area contributed by atoms with Crippen LogP contribution in [0.1, 0.15) is 47.3 Å². The summed E-state index contributed by atoms with van der Waals surface area (Å²) in [5, 5.41) is 11.2. The summed E-state index contributed by atoms with van der Waals surface area (Å²) in [6, 6.07) is 12.3. The van der Waals surface area contributed by atoms with Crippen LogP contribution >= 0.6 is 0 Å². The van der Waals surface area contributed by atoms with Crippen LogP contribution in [0.2, 0.25) is 0 Å². The molecule has 1 amide bonds. The van der Waals surface area contributed by atoms with Crippen LogP contribution in [-0.2, 0) is 19.1 Å². The lowest BCUT2D eigenvalue weighted by molar-refractivity contribution is -0.140. The molecule has 2 saturated heterocycles. The lowest BCUT2D eigenvalue weighted by Gasteiger charge is -2.27. The van der Waals surface area contributed by atoms with Gasteiger partial charge in [0.25, 0.3) is 11.7 Å².